The zero-order chi connectivity index (χ0) is 41.5. The molecule has 0 radical (unpaired) electrons. The van der Waals surface area contributed by atoms with Gasteiger partial charge in [-0.25, -0.2) is 0 Å². The van der Waals surface area contributed by atoms with Crippen LogP contribution in [0.1, 0.15) is 104 Å². The molecule has 2 N–H and O–H groups in total. The number of anilines is 1. The van der Waals surface area contributed by atoms with Crippen LogP contribution >= 0.6 is 36.7 Å². The second kappa shape index (κ2) is 19.4. The predicted octanol–water partition coefficient (Wildman–Crippen LogP) is 12.7. The van der Waals surface area contributed by atoms with Crippen LogP contribution in [0.25, 0.3) is 0 Å². The summed E-state index contributed by atoms with van der Waals surface area (Å²) in [6.07, 6.45) is 16.3. The van der Waals surface area contributed by atoms with Crippen LogP contribution in [0, 0.1) is 11.3 Å². The van der Waals surface area contributed by atoms with Crippen LogP contribution in [0.15, 0.2) is 113 Å². The van der Waals surface area contributed by atoms with Gasteiger partial charge < -0.3 is 18.7 Å². The zero-order valence-corrected chi connectivity index (χ0v) is 37.8. The van der Waals surface area contributed by atoms with Crippen LogP contribution in [0.5, 0.6) is 5.75 Å². The third-order valence-electron chi connectivity index (χ3n) is 12.4. The lowest BCUT2D eigenvalue weighted by molar-refractivity contribution is -0.437. The first-order valence-electron chi connectivity index (χ1n) is 21.0. The molecule has 3 unspecified atom stereocenters. The maximum atomic E-state index is 13.1. The smallest absolute Gasteiger partial charge is 0.209 e. The third-order valence-corrected chi connectivity index (χ3v) is 13.7. The number of ketones is 1. The molecule has 310 valence electrons. The van der Waals surface area contributed by atoms with Crippen LogP contribution < -0.4 is 9.64 Å². The van der Waals surface area contributed by atoms with E-state index in [1.165, 1.54) is 39.5 Å². The molecule has 0 aromatic heterocycles. The summed E-state index contributed by atoms with van der Waals surface area (Å²) in [5.41, 5.74) is 8.12. The number of ether oxygens (including phenoxy) is 1. The summed E-state index contributed by atoms with van der Waals surface area (Å²) in [5, 5.41) is 0. The fourth-order valence-electron chi connectivity index (χ4n) is 9.17. The van der Waals surface area contributed by atoms with Crippen molar-refractivity contribution in [1.82, 2.24) is 0 Å². The van der Waals surface area contributed by atoms with Crippen molar-refractivity contribution in [3.8, 4) is 5.75 Å². The Morgan fingerprint density at radius 1 is 0.966 bits per heavy atom. The molecule has 2 aliphatic heterocycles. The summed E-state index contributed by atoms with van der Waals surface area (Å²) >= 11 is 6.21. The van der Waals surface area contributed by atoms with Crippen LogP contribution in [-0.4, -0.2) is 55.9 Å². The number of hydrogen-bond acceptors (Lipinski definition) is 8. The second-order valence-electron chi connectivity index (χ2n) is 17.8. The molecule has 0 amide bonds. The van der Waals surface area contributed by atoms with E-state index in [2.05, 4.69) is 116 Å². The number of allylic oxidation sites excluding steroid dienone is 4. The lowest BCUT2D eigenvalue weighted by atomic mass is 9.75. The van der Waals surface area contributed by atoms with E-state index in [1.54, 1.807) is 0 Å². The van der Waals surface area contributed by atoms with Gasteiger partial charge in [-0.15, -0.1) is 0 Å². The van der Waals surface area contributed by atoms with E-state index in [4.69, 9.17) is 4.74 Å². The molecule has 0 saturated heterocycles. The van der Waals surface area contributed by atoms with Crippen molar-refractivity contribution >= 4 is 59.6 Å². The molecule has 58 heavy (non-hydrogen) atoms. The maximum Gasteiger partial charge on any atom is 0.209 e. The minimum absolute atomic E-state index is 0.136. The van der Waals surface area contributed by atoms with E-state index < -0.39 is 0 Å². The fraction of sp³-hybridized carbons (Fsp3) is 0.469. The van der Waals surface area contributed by atoms with E-state index in [-0.39, 0.29) is 28.3 Å². The number of carbonyl (C=O) groups excluding carboxylic acids is 1. The Morgan fingerprint density at radius 3 is 2.40 bits per heavy atom. The van der Waals surface area contributed by atoms with Crippen molar-refractivity contribution in [1.29, 1.82) is 0 Å². The van der Waals surface area contributed by atoms with Gasteiger partial charge in [0, 0.05) is 87.9 Å². The van der Waals surface area contributed by atoms with Crippen molar-refractivity contribution in [2.24, 2.45) is 11.3 Å². The van der Waals surface area contributed by atoms with Crippen LogP contribution in [0.4, 0.5) is 11.4 Å². The molecule has 0 bridgehead atoms. The number of thiol groups is 1. The second-order valence-corrected chi connectivity index (χ2v) is 19.5. The Kier molecular flexibility index (Phi) is 14.9. The summed E-state index contributed by atoms with van der Waals surface area (Å²) < 4.78 is 28.8. The predicted molar refractivity (Wildman–Crippen MR) is 249 cm³/mol. The van der Waals surface area contributed by atoms with Crippen LogP contribution in [-0.2, 0) is 15.6 Å². The number of fused-ring (bicyclic) bond motifs is 2. The van der Waals surface area contributed by atoms with Gasteiger partial charge in [-0.2, -0.15) is 17.2 Å². The molecule has 6 nitrogen and oxygen atoms in total. The fourth-order valence-corrected chi connectivity index (χ4v) is 9.83. The Bertz CT molecular complexity index is 2030. The summed E-state index contributed by atoms with van der Waals surface area (Å²) in [4.78, 5) is 16.3. The van der Waals surface area contributed by atoms with Crippen molar-refractivity contribution < 1.29 is 23.2 Å². The molecule has 3 aliphatic rings. The first kappa shape index (κ1) is 44.3. The van der Waals surface area contributed by atoms with Gasteiger partial charge in [-0.3, -0.25) is 4.79 Å². The van der Waals surface area contributed by atoms with Gasteiger partial charge in [0.2, 0.25) is 5.69 Å². The van der Waals surface area contributed by atoms with E-state index in [0.717, 1.165) is 98.5 Å². The SMILES string of the molecule is CC(C)(C)C(=O)CCCC1(C)/C(=C\C=C2/CCCC(/C=C/C3=[N+](CCCS)c4ccccc4C3(C)C)C2Oc2ccc(SO)cc2)N(CCCSO)c2ccccc21. The molecule has 9 heteroatoms. The molecular formula is C49H63N2O4S3+. The summed E-state index contributed by atoms with van der Waals surface area (Å²) in [6.45, 7) is 14.8. The summed E-state index contributed by atoms with van der Waals surface area (Å²) in [6, 6.07) is 25.2. The van der Waals surface area contributed by atoms with Crippen molar-refractivity contribution in [3.63, 3.8) is 0 Å². The quantitative estimate of drug-likeness (QED) is 0.0541. The van der Waals surface area contributed by atoms with Crippen LogP contribution in [0.2, 0.25) is 0 Å². The minimum atomic E-state index is -0.357. The van der Waals surface area contributed by atoms with Gasteiger partial charge in [0.1, 0.15) is 24.2 Å². The monoisotopic (exact) mass is 839 g/mol. The van der Waals surface area contributed by atoms with Gasteiger partial charge in [0.05, 0.1) is 5.41 Å². The van der Waals surface area contributed by atoms with Crippen molar-refractivity contribution in [2.75, 3.05) is 29.5 Å². The van der Waals surface area contributed by atoms with E-state index in [9.17, 15) is 13.9 Å². The number of rotatable bonds is 17. The first-order chi connectivity index (χ1) is 27.8. The minimum Gasteiger partial charge on any atom is -0.485 e. The Balaban J connectivity index is 1.40. The molecule has 1 fully saturated rings. The molecular weight excluding hydrogens is 777 g/mol. The van der Waals surface area contributed by atoms with Crippen molar-refractivity contribution in [3.05, 3.63) is 119 Å². The first-order valence-corrected chi connectivity index (χ1v) is 23.4. The molecule has 3 aromatic rings. The van der Waals surface area contributed by atoms with Gasteiger partial charge in [-0.05, 0) is 125 Å². The maximum absolute atomic E-state index is 13.1. The van der Waals surface area contributed by atoms with Gasteiger partial charge >= 0.3 is 0 Å². The Morgan fingerprint density at radius 2 is 1.69 bits per heavy atom. The van der Waals surface area contributed by atoms with Gasteiger partial charge in [0.25, 0.3) is 0 Å². The highest BCUT2D eigenvalue weighted by Gasteiger charge is 2.45. The molecule has 3 aromatic carbocycles. The zero-order valence-electron chi connectivity index (χ0n) is 35.2. The lowest BCUT2D eigenvalue weighted by Gasteiger charge is -2.33. The van der Waals surface area contributed by atoms with Crippen LogP contribution in [0.3, 0.4) is 0 Å². The standard InChI is InChI=1S/C49H62N2O4S3/c1-47(2,3)45(52)21-12-30-49(6)40-18-8-10-20-42(40)51(32-14-34-57-53)44(49)29-23-36-16-11-15-35(46(36)55-37-24-26-38(58-54)27-25-37)22-28-43-48(4,5)39-17-7-9-19-41(39)50(43)31-13-33-56/h7-10,17-20,22-29,35,46H,11-16,21,30-34H2,1-6H3,(H2-,53,54,56)/p+1/b28-22+,36-23+,44-29+. The molecule has 0 spiro atoms. The highest BCUT2D eigenvalue weighted by molar-refractivity contribution is 7.94. The molecule has 6 rings (SSSR count). The number of hydrogen-bond donors (Lipinski definition) is 3. The summed E-state index contributed by atoms with van der Waals surface area (Å²) in [5.74, 6) is 2.71. The highest BCUT2D eigenvalue weighted by atomic mass is 32.2. The average molecular weight is 840 g/mol. The van der Waals surface area contributed by atoms with E-state index >= 15 is 0 Å². The summed E-state index contributed by atoms with van der Waals surface area (Å²) in [7, 11) is 0. The largest absolute Gasteiger partial charge is 0.485 e. The van der Waals surface area contributed by atoms with Crippen molar-refractivity contribution in [2.45, 2.75) is 115 Å². The number of para-hydroxylation sites is 2. The lowest BCUT2D eigenvalue weighted by Crippen LogP contribution is -2.33. The Labute approximate surface area is 361 Å². The van der Waals surface area contributed by atoms with E-state index in [0.29, 0.717) is 18.0 Å². The molecule has 2 heterocycles. The number of benzene rings is 3. The topological polar surface area (TPSA) is 73.0 Å². The highest BCUT2D eigenvalue weighted by Crippen LogP contribution is 2.51. The number of carbonyl (C=O) groups is 1. The third kappa shape index (κ3) is 9.70. The molecule has 1 saturated carbocycles. The Hall–Kier alpha value is -3.21. The molecule has 3 atom stereocenters. The normalized spacial score (nSPS) is 22.9. The van der Waals surface area contributed by atoms with E-state index in [1.807, 2.05) is 45.0 Å². The average Bonchev–Trinajstić information content (AvgIpc) is 3.58. The number of nitrogens with zero attached hydrogens (tertiary/aromatic N) is 2. The number of Topliss-reactive ketones (excluding diaryl/α,β-unsaturated/α-hetero) is 1. The molecule has 1 aliphatic carbocycles. The van der Waals surface area contributed by atoms with Gasteiger partial charge in [0.15, 0.2) is 5.71 Å². The van der Waals surface area contributed by atoms with Gasteiger partial charge in [-0.1, -0.05) is 69.3 Å².